The Kier molecular flexibility index (Phi) is 1.73. The number of benzene rings is 1. The van der Waals surface area contributed by atoms with Gasteiger partial charge in [-0.05, 0) is 24.6 Å². The van der Waals surface area contributed by atoms with E-state index in [4.69, 9.17) is 5.73 Å². The highest BCUT2D eigenvalue weighted by Crippen LogP contribution is 2.14. The minimum absolute atomic E-state index is 0.771. The molecule has 13 heavy (non-hydrogen) atoms. The van der Waals surface area contributed by atoms with E-state index in [9.17, 15) is 0 Å². The molecule has 0 saturated carbocycles. The van der Waals surface area contributed by atoms with Crippen LogP contribution in [-0.4, -0.2) is 14.8 Å². The molecule has 66 valence electrons. The molecule has 2 aromatic rings. The number of aromatic nitrogens is 3. The van der Waals surface area contributed by atoms with Gasteiger partial charge in [-0.3, -0.25) is 0 Å². The molecule has 0 aliphatic carbocycles. The molecule has 4 heteroatoms. The number of nitrogen functional groups attached to an aromatic ring is 1. The number of nitrogens with two attached hydrogens (primary N) is 1. The maximum absolute atomic E-state index is 5.77. The van der Waals surface area contributed by atoms with Crippen molar-refractivity contribution < 1.29 is 0 Å². The van der Waals surface area contributed by atoms with E-state index in [0.717, 1.165) is 16.9 Å². The van der Waals surface area contributed by atoms with Gasteiger partial charge in [0.2, 0.25) is 0 Å². The van der Waals surface area contributed by atoms with E-state index < -0.39 is 0 Å². The first-order chi connectivity index (χ1) is 6.27. The molecule has 0 unspecified atom stereocenters. The first kappa shape index (κ1) is 7.79. The third-order valence-electron chi connectivity index (χ3n) is 1.95. The van der Waals surface area contributed by atoms with Crippen LogP contribution in [0.5, 0.6) is 0 Å². The Balaban J connectivity index is 2.49. The van der Waals surface area contributed by atoms with Crippen molar-refractivity contribution in [2.45, 2.75) is 6.92 Å². The molecule has 0 aliphatic heterocycles. The lowest BCUT2D eigenvalue weighted by Gasteiger charge is -2.03. The predicted molar refractivity (Wildman–Crippen MR) is 50.5 cm³/mol. The lowest BCUT2D eigenvalue weighted by Crippen LogP contribution is -1.97. The van der Waals surface area contributed by atoms with Crippen molar-refractivity contribution in [2.75, 3.05) is 5.73 Å². The number of nitrogens with zero attached hydrogens (tertiary/aromatic N) is 3. The Morgan fingerprint density at radius 1 is 1.38 bits per heavy atom. The summed E-state index contributed by atoms with van der Waals surface area (Å²) in [5.74, 6) is 0. The average Bonchev–Trinajstić information content (AvgIpc) is 2.62. The smallest absolute Gasteiger partial charge is 0.138 e. The molecule has 0 atom stereocenters. The Labute approximate surface area is 76.0 Å². The molecule has 0 amide bonds. The predicted octanol–water partition coefficient (Wildman–Crippen LogP) is 1.16. The summed E-state index contributed by atoms with van der Waals surface area (Å²) in [7, 11) is 0. The van der Waals surface area contributed by atoms with Crippen molar-refractivity contribution in [3.8, 4) is 5.69 Å². The number of rotatable bonds is 1. The molecule has 0 bridgehead atoms. The average molecular weight is 174 g/mol. The summed E-state index contributed by atoms with van der Waals surface area (Å²) in [5.41, 5.74) is 8.54. The van der Waals surface area contributed by atoms with E-state index in [0.29, 0.717) is 0 Å². The van der Waals surface area contributed by atoms with Gasteiger partial charge in [0.1, 0.15) is 12.7 Å². The zero-order chi connectivity index (χ0) is 9.26. The van der Waals surface area contributed by atoms with Crippen LogP contribution in [0.2, 0.25) is 0 Å². The van der Waals surface area contributed by atoms with Crippen molar-refractivity contribution in [1.82, 2.24) is 14.8 Å². The van der Waals surface area contributed by atoms with Crippen LogP contribution in [0.3, 0.4) is 0 Å². The molecule has 2 N–H and O–H groups in total. The lowest BCUT2D eigenvalue weighted by atomic mass is 10.2. The molecule has 1 heterocycles. The highest BCUT2D eigenvalue weighted by atomic mass is 15.3. The number of aryl methyl sites for hydroxylation is 1. The van der Waals surface area contributed by atoms with E-state index >= 15 is 0 Å². The first-order valence-electron chi connectivity index (χ1n) is 3.98. The topological polar surface area (TPSA) is 56.7 Å². The fourth-order valence-corrected chi connectivity index (χ4v) is 1.11. The summed E-state index contributed by atoms with van der Waals surface area (Å²) in [4.78, 5) is 3.86. The van der Waals surface area contributed by atoms with Gasteiger partial charge in [-0.1, -0.05) is 6.07 Å². The second kappa shape index (κ2) is 2.90. The highest BCUT2D eigenvalue weighted by molar-refractivity contribution is 5.52. The molecule has 0 spiro atoms. The standard InChI is InChI=1S/C9H10N4/c1-7-2-3-8(4-9(7)10)13-6-11-5-12-13/h2-6H,10H2,1H3. The minimum Gasteiger partial charge on any atom is -0.398 e. The Bertz CT molecular complexity index is 406. The summed E-state index contributed by atoms with van der Waals surface area (Å²) >= 11 is 0. The monoisotopic (exact) mass is 174 g/mol. The van der Waals surface area contributed by atoms with Crippen molar-refractivity contribution in [3.05, 3.63) is 36.4 Å². The highest BCUT2D eigenvalue weighted by Gasteiger charge is 1.98. The van der Waals surface area contributed by atoms with Crippen LogP contribution in [-0.2, 0) is 0 Å². The van der Waals surface area contributed by atoms with Gasteiger partial charge in [-0.15, -0.1) is 0 Å². The first-order valence-corrected chi connectivity index (χ1v) is 3.98. The van der Waals surface area contributed by atoms with E-state index in [1.54, 1.807) is 11.0 Å². The maximum Gasteiger partial charge on any atom is 0.138 e. The molecule has 1 aromatic carbocycles. The van der Waals surface area contributed by atoms with Crippen LogP contribution in [0.15, 0.2) is 30.9 Å². The third kappa shape index (κ3) is 1.38. The Morgan fingerprint density at radius 2 is 2.23 bits per heavy atom. The molecule has 2 rings (SSSR count). The SMILES string of the molecule is Cc1ccc(-n2cncn2)cc1N. The normalized spacial score (nSPS) is 10.2. The quantitative estimate of drug-likeness (QED) is 0.660. The summed E-state index contributed by atoms with van der Waals surface area (Å²) in [6, 6.07) is 5.80. The Morgan fingerprint density at radius 3 is 2.85 bits per heavy atom. The second-order valence-corrected chi connectivity index (χ2v) is 2.88. The lowest BCUT2D eigenvalue weighted by molar-refractivity contribution is 0.879. The van der Waals surface area contributed by atoms with Crippen LogP contribution in [0.25, 0.3) is 5.69 Å². The molecular weight excluding hydrogens is 164 g/mol. The fraction of sp³-hybridized carbons (Fsp3) is 0.111. The molecule has 4 nitrogen and oxygen atoms in total. The van der Waals surface area contributed by atoms with E-state index in [-0.39, 0.29) is 0 Å². The molecule has 0 radical (unpaired) electrons. The fourth-order valence-electron chi connectivity index (χ4n) is 1.11. The van der Waals surface area contributed by atoms with Crippen LogP contribution >= 0.6 is 0 Å². The van der Waals surface area contributed by atoms with Crippen LogP contribution in [0.4, 0.5) is 5.69 Å². The maximum atomic E-state index is 5.77. The van der Waals surface area contributed by atoms with Gasteiger partial charge in [0.25, 0.3) is 0 Å². The molecule has 0 aliphatic rings. The number of hydrogen-bond donors (Lipinski definition) is 1. The zero-order valence-corrected chi connectivity index (χ0v) is 7.31. The van der Waals surface area contributed by atoms with Crippen LogP contribution in [0, 0.1) is 6.92 Å². The number of hydrogen-bond acceptors (Lipinski definition) is 3. The van der Waals surface area contributed by atoms with Gasteiger partial charge in [-0.2, -0.15) is 5.10 Å². The molecule has 1 aromatic heterocycles. The number of anilines is 1. The summed E-state index contributed by atoms with van der Waals surface area (Å²) in [6.45, 7) is 1.97. The van der Waals surface area contributed by atoms with Gasteiger partial charge in [0.05, 0.1) is 5.69 Å². The van der Waals surface area contributed by atoms with Gasteiger partial charge >= 0.3 is 0 Å². The van der Waals surface area contributed by atoms with Crippen molar-refractivity contribution >= 4 is 5.69 Å². The minimum atomic E-state index is 0.771. The summed E-state index contributed by atoms with van der Waals surface area (Å²) in [6.07, 6.45) is 3.14. The molecule has 0 saturated heterocycles. The van der Waals surface area contributed by atoms with Gasteiger partial charge < -0.3 is 5.73 Å². The van der Waals surface area contributed by atoms with Gasteiger partial charge in [0, 0.05) is 5.69 Å². The third-order valence-corrected chi connectivity index (χ3v) is 1.95. The van der Waals surface area contributed by atoms with Crippen molar-refractivity contribution in [2.24, 2.45) is 0 Å². The van der Waals surface area contributed by atoms with E-state index in [1.165, 1.54) is 6.33 Å². The van der Waals surface area contributed by atoms with E-state index in [2.05, 4.69) is 10.1 Å². The van der Waals surface area contributed by atoms with Gasteiger partial charge in [0.15, 0.2) is 0 Å². The second-order valence-electron chi connectivity index (χ2n) is 2.88. The van der Waals surface area contributed by atoms with Crippen LogP contribution in [0.1, 0.15) is 5.56 Å². The zero-order valence-electron chi connectivity index (χ0n) is 7.31. The largest absolute Gasteiger partial charge is 0.398 e. The van der Waals surface area contributed by atoms with Crippen LogP contribution < -0.4 is 5.73 Å². The van der Waals surface area contributed by atoms with Crippen molar-refractivity contribution in [3.63, 3.8) is 0 Å². The van der Waals surface area contributed by atoms with E-state index in [1.807, 2.05) is 25.1 Å². The molecule has 0 fully saturated rings. The molecular formula is C9H10N4. The van der Waals surface area contributed by atoms with Crippen molar-refractivity contribution in [1.29, 1.82) is 0 Å². The summed E-state index contributed by atoms with van der Waals surface area (Å²) in [5, 5.41) is 4.01. The van der Waals surface area contributed by atoms with Gasteiger partial charge in [-0.25, -0.2) is 9.67 Å². The summed E-state index contributed by atoms with van der Waals surface area (Å²) < 4.78 is 1.68. The Hall–Kier alpha value is -1.84.